The van der Waals surface area contributed by atoms with Gasteiger partial charge in [-0.1, -0.05) is 13.8 Å². The van der Waals surface area contributed by atoms with Gasteiger partial charge >= 0.3 is 0 Å². The summed E-state index contributed by atoms with van der Waals surface area (Å²) in [6.45, 7) is 10.0. The Bertz CT molecular complexity index is 343. The molecule has 0 aliphatic rings. The van der Waals surface area contributed by atoms with Crippen molar-refractivity contribution in [2.75, 3.05) is 19.6 Å². The summed E-state index contributed by atoms with van der Waals surface area (Å²) in [6.07, 6.45) is 6.14. The number of guanidine groups is 1. The molecule has 5 nitrogen and oxygen atoms in total. The lowest BCUT2D eigenvalue weighted by molar-refractivity contribution is 0.559. The van der Waals surface area contributed by atoms with Crippen molar-refractivity contribution in [2.24, 2.45) is 10.9 Å². The van der Waals surface area contributed by atoms with E-state index in [0.29, 0.717) is 0 Å². The van der Waals surface area contributed by atoms with Crippen molar-refractivity contribution in [1.82, 2.24) is 20.4 Å². The van der Waals surface area contributed by atoms with Crippen molar-refractivity contribution >= 4 is 5.96 Å². The van der Waals surface area contributed by atoms with E-state index in [2.05, 4.69) is 41.5 Å². The summed E-state index contributed by atoms with van der Waals surface area (Å²) >= 11 is 0. The van der Waals surface area contributed by atoms with Gasteiger partial charge in [0.1, 0.15) is 0 Å². The lowest BCUT2D eigenvalue weighted by atomic mass is 10.1. The third-order valence-electron chi connectivity index (χ3n) is 2.75. The number of nitrogens with zero attached hydrogens (tertiary/aromatic N) is 3. The molecule has 0 aromatic carbocycles. The average Bonchev–Trinajstić information content (AvgIpc) is 2.87. The Morgan fingerprint density at radius 1 is 1.37 bits per heavy atom. The number of hydrogen-bond donors (Lipinski definition) is 2. The normalized spacial score (nSPS) is 11.9. The van der Waals surface area contributed by atoms with Crippen LogP contribution in [0.3, 0.4) is 0 Å². The molecule has 1 aromatic heterocycles. The maximum Gasteiger partial charge on any atom is 0.191 e. The van der Waals surface area contributed by atoms with Gasteiger partial charge in [-0.05, 0) is 31.7 Å². The molecule has 0 saturated carbocycles. The molecule has 0 aliphatic heterocycles. The molecule has 108 valence electrons. The Hall–Kier alpha value is -1.52. The van der Waals surface area contributed by atoms with E-state index >= 15 is 0 Å². The first-order valence-corrected chi connectivity index (χ1v) is 7.22. The highest BCUT2D eigenvalue weighted by molar-refractivity contribution is 5.79. The van der Waals surface area contributed by atoms with Gasteiger partial charge < -0.3 is 10.6 Å². The molecular weight excluding hydrogens is 238 g/mol. The summed E-state index contributed by atoms with van der Waals surface area (Å²) in [5.74, 6) is 1.66. The fourth-order valence-corrected chi connectivity index (χ4v) is 1.75. The van der Waals surface area contributed by atoms with E-state index in [4.69, 9.17) is 0 Å². The minimum Gasteiger partial charge on any atom is -0.357 e. The van der Waals surface area contributed by atoms with E-state index in [-0.39, 0.29) is 0 Å². The molecule has 0 aliphatic carbocycles. The molecule has 19 heavy (non-hydrogen) atoms. The van der Waals surface area contributed by atoms with Crippen LogP contribution in [0.1, 0.15) is 33.6 Å². The standard InChI is InChI=1S/C14H27N5/c1-4-15-14(16-8-5-7-13(2)3)17-10-12-19-11-6-9-18-19/h6,9,11,13H,4-5,7-8,10,12H2,1-3H3,(H2,15,16,17). The number of hydrogen-bond acceptors (Lipinski definition) is 2. The molecule has 0 unspecified atom stereocenters. The topological polar surface area (TPSA) is 54.2 Å². The Kier molecular flexibility index (Phi) is 7.70. The summed E-state index contributed by atoms with van der Waals surface area (Å²) in [7, 11) is 0. The van der Waals surface area contributed by atoms with Gasteiger partial charge in [0.2, 0.25) is 0 Å². The third-order valence-corrected chi connectivity index (χ3v) is 2.75. The van der Waals surface area contributed by atoms with E-state index in [1.807, 2.05) is 16.9 Å². The van der Waals surface area contributed by atoms with Gasteiger partial charge in [-0.3, -0.25) is 9.67 Å². The van der Waals surface area contributed by atoms with Crippen LogP contribution in [0.4, 0.5) is 0 Å². The monoisotopic (exact) mass is 265 g/mol. The first kappa shape index (κ1) is 15.5. The van der Waals surface area contributed by atoms with Crippen molar-refractivity contribution in [3.63, 3.8) is 0 Å². The number of nitrogens with one attached hydrogen (secondary N) is 2. The third kappa shape index (κ3) is 7.49. The van der Waals surface area contributed by atoms with E-state index in [1.165, 1.54) is 6.42 Å². The summed E-state index contributed by atoms with van der Waals surface area (Å²) in [6, 6.07) is 1.94. The van der Waals surface area contributed by atoms with Crippen LogP contribution >= 0.6 is 0 Å². The molecule has 1 aromatic rings. The summed E-state index contributed by atoms with van der Waals surface area (Å²) in [4.78, 5) is 4.57. The maximum atomic E-state index is 4.57. The number of aromatic nitrogens is 2. The van der Waals surface area contributed by atoms with Crippen LogP contribution in [0.15, 0.2) is 23.5 Å². The van der Waals surface area contributed by atoms with Gasteiger partial charge in [-0.15, -0.1) is 0 Å². The van der Waals surface area contributed by atoms with Crippen LogP contribution in [0.25, 0.3) is 0 Å². The molecule has 0 radical (unpaired) electrons. The Labute approximate surface area is 116 Å². The Balaban J connectivity index is 2.24. The minimum absolute atomic E-state index is 0.755. The lowest BCUT2D eigenvalue weighted by Gasteiger charge is -2.11. The molecule has 5 heteroatoms. The van der Waals surface area contributed by atoms with E-state index in [1.54, 1.807) is 6.20 Å². The van der Waals surface area contributed by atoms with Gasteiger partial charge in [0.05, 0.1) is 6.54 Å². The fourth-order valence-electron chi connectivity index (χ4n) is 1.75. The Morgan fingerprint density at radius 2 is 2.21 bits per heavy atom. The molecule has 2 N–H and O–H groups in total. The highest BCUT2D eigenvalue weighted by atomic mass is 15.3. The quantitative estimate of drug-likeness (QED) is 0.429. The second-order valence-electron chi connectivity index (χ2n) is 4.99. The van der Waals surface area contributed by atoms with Crippen LogP contribution in [-0.2, 0) is 6.54 Å². The molecule has 1 heterocycles. The summed E-state index contributed by atoms with van der Waals surface area (Å²) in [5, 5.41) is 10.8. The summed E-state index contributed by atoms with van der Waals surface area (Å²) in [5.41, 5.74) is 0. The zero-order chi connectivity index (χ0) is 13.9. The minimum atomic E-state index is 0.755. The van der Waals surface area contributed by atoms with Crippen LogP contribution < -0.4 is 10.6 Å². The van der Waals surface area contributed by atoms with Crippen molar-refractivity contribution < 1.29 is 0 Å². The zero-order valence-corrected chi connectivity index (χ0v) is 12.4. The molecule has 0 atom stereocenters. The SMILES string of the molecule is CCNC(=NCCCC(C)C)NCCn1cccn1. The highest BCUT2D eigenvalue weighted by Crippen LogP contribution is 2.02. The predicted molar refractivity (Wildman–Crippen MR) is 80.3 cm³/mol. The van der Waals surface area contributed by atoms with Gasteiger partial charge in [0.25, 0.3) is 0 Å². The van der Waals surface area contributed by atoms with E-state index in [0.717, 1.165) is 44.5 Å². The number of rotatable bonds is 8. The highest BCUT2D eigenvalue weighted by Gasteiger charge is 1.98. The number of aliphatic imine (C=N–C) groups is 1. The maximum absolute atomic E-state index is 4.57. The largest absolute Gasteiger partial charge is 0.357 e. The second kappa shape index (κ2) is 9.42. The van der Waals surface area contributed by atoms with Crippen LogP contribution in [-0.4, -0.2) is 35.4 Å². The molecule has 0 saturated heterocycles. The summed E-state index contributed by atoms with van der Waals surface area (Å²) < 4.78 is 1.91. The van der Waals surface area contributed by atoms with Crippen LogP contribution in [0, 0.1) is 5.92 Å². The van der Waals surface area contributed by atoms with Crippen molar-refractivity contribution in [3.05, 3.63) is 18.5 Å². The predicted octanol–water partition coefficient (Wildman–Crippen LogP) is 1.87. The van der Waals surface area contributed by atoms with Gasteiger partial charge in [-0.2, -0.15) is 5.10 Å². The average molecular weight is 265 g/mol. The smallest absolute Gasteiger partial charge is 0.191 e. The molecule has 0 spiro atoms. The van der Waals surface area contributed by atoms with Gasteiger partial charge in [0.15, 0.2) is 5.96 Å². The van der Waals surface area contributed by atoms with E-state index < -0.39 is 0 Å². The second-order valence-corrected chi connectivity index (χ2v) is 4.99. The molecule has 0 amide bonds. The van der Waals surface area contributed by atoms with Crippen molar-refractivity contribution in [1.29, 1.82) is 0 Å². The fraction of sp³-hybridized carbons (Fsp3) is 0.714. The van der Waals surface area contributed by atoms with E-state index in [9.17, 15) is 0 Å². The van der Waals surface area contributed by atoms with Gasteiger partial charge in [0, 0.05) is 32.0 Å². The van der Waals surface area contributed by atoms with Crippen molar-refractivity contribution in [3.8, 4) is 0 Å². The van der Waals surface area contributed by atoms with Crippen LogP contribution in [0.5, 0.6) is 0 Å². The zero-order valence-electron chi connectivity index (χ0n) is 12.4. The molecule has 1 rings (SSSR count). The van der Waals surface area contributed by atoms with Gasteiger partial charge in [-0.25, -0.2) is 0 Å². The molecule has 0 fully saturated rings. The molecule has 0 bridgehead atoms. The van der Waals surface area contributed by atoms with Crippen LogP contribution in [0.2, 0.25) is 0 Å². The first-order valence-electron chi connectivity index (χ1n) is 7.22. The Morgan fingerprint density at radius 3 is 2.84 bits per heavy atom. The van der Waals surface area contributed by atoms with Crippen molar-refractivity contribution in [2.45, 2.75) is 40.2 Å². The lowest BCUT2D eigenvalue weighted by Crippen LogP contribution is -2.39. The first-order chi connectivity index (χ1) is 9.22. The molecular formula is C14H27N5.